The zero-order valence-corrected chi connectivity index (χ0v) is 26.3. The van der Waals surface area contributed by atoms with Crippen LogP contribution >= 0.6 is 0 Å². The Labute approximate surface area is 247 Å². The number of ketones is 1. The van der Waals surface area contributed by atoms with Crippen LogP contribution in [0.3, 0.4) is 0 Å². The Kier molecular flexibility index (Phi) is 24.5. The first kappa shape index (κ1) is 36.8. The van der Waals surface area contributed by atoms with Crippen LogP contribution in [0.2, 0.25) is 0 Å². The molecular formula is C36H64O4. The molecule has 0 bridgehead atoms. The smallest absolute Gasteiger partial charge is 0.143 e. The summed E-state index contributed by atoms with van der Waals surface area (Å²) in [5, 5.41) is 10.00. The van der Waals surface area contributed by atoms with E-state index in [-0.39, 0.29) is 11.9 Å². The first-order chi connectivity index (χ1) is 19.6. The number of aliphatic hydroxyl groups is 1. The average Bonchev–Trinajstić information content (AvgIpc) is 3.71. The molecule has 1 aliphatic rings. The molecule has 0 aromatic heterocycles. The van der Waals surface area contributed by atoms with Gasteiger partial charge in [0.1, 0.15) is 12.1 Å². The zero-order chi connectivity index (χ0) is 29.1. The highest BCUT2D eigenvalue weighted by atomic mass is 16.6. The summed E-state index contributed by atoms with van der Waals surface area (Å²) in [7, 11) is 0. The van der Waals surface area contributed by atoms with Gasteiger partial charge in [0.25, 0.3) is 0 Å². The normalized spacial score (nSPS) is 18.5. The summed E-state index contributed by atoms with van der Waals surface area (Å²) >= 11 is 0. The number of unbranched alkanes of at least 4 members (excludes halogenated alkanes) is 14. The molecule has 4 heteroatoms. The maximum Gasteiger partial charge on any atom is 0.143 e. The lowest BCUT2D eigenvalue weighted by atomic mass is 9.94. The number of Topliss-reactive ketones (excluding diaryl/α,β-unsaturated/α-hetero) is 1. The Morgan fingerprint density at radius 3 is 2.02 bits per heavy atom. The van der Waals surface area contributed by atoms with E-state index < -0.39 is 5.92 Å². The topological polar surface area (TPSA) is 66.9 Å². The monoisotopic (exact) mass is 560 g/mol. The van der Waals surface area contributed by atoms with Crippen molar-refractivity contribution in [3.05, 3.63) is 24.3 Å². The van der Waals surface area contributed by atoms with E-state index in [2.05, 4.69) is 38.2 Å². The van der Waals surface area contributed by atoms with Crippen molar-refractivity contribution in [3.8, 4) is 0 Å². The minimum Gasteiger partial charge on any atom is -0.393 e. The highest BCUT2D eigenvalue weighted by molar-refractivity contribution is 5.93. The molecule has 232 valence electrons. The SMILES string of the molecule is CCCCCC[C@@H](O)CC=CCCCCCCCC(=O)C(C=O)CCCCCCC=CC[C@@H]1O[C@@H]1CCCCC. The van der Waals surface area contributed by atoms with Crippen LogP contribution in [0.4, 0.5) is 0 Å². The van der Waals surface area contributed by atoms with Crippen molar-refractivity contribution in [1.29, 1.82) is 0 Å². The predicted molar refractivity (Wildman–Crippen MR) is 170 cm³/mol. The van der Waals surface area contributed by atoms with Gasteiger partial charge >= 0.3 is 0 Å². The second kappa shape index (κ2) is 26.6. The molecule has 40 heavy (non-hydrogen) atoms. The van der Waals surface area contributed by atoms with Gasteiger partial charge in [0.2, 0.25) is 0 Å². The van der Waals surface area contributed by atoms with Crippen molar-refractivity contribution in [2.24, 2.45) is 5.92 Å². The zero-order valence-electron chi connectivity index (χ0n) is 26.3. The van der Waals surface area contributed by atoms with Crippen molar-refractivity contribution < 1.29 is 19.4 Å². The van der Waals surface area contributed by atoms with E-state index in [1.165, 1.54) is 70.6 Å². The Balaban J connectivity index is 1.91. The largest absolute Gasteiger partial charge is 0.393 e. The number of aldehydes is 1. The summed E-state index contributed by atoms with van der Waals surface area (Å²) in [4.78, 5) is 23.9. The third-order valence-electron chi connectivity index (χ3n) is 8.29. The number of hydrogen-bond acceptors (Lipinski definition) is 4. The number of rotatable bonds is 30. The summed E-state index contributed by atoms with van der Waals surface area (Å²) in [6, 6.07) is 0. The van der Waals surface area contributed by atoms with Crippen LogP contribution in [0.1, 0.15) is 168 Å². The second-order valence-electron chi connectivity index (χ2n) is 12.1. The van der Waals surface area contributed by atoms with Crippen molar-refractivity contribution in [2.75, 3.05) is 0 Å². The van der Waals surface area contributed by atoms with Crippen LogP contribution in [-0.2, 0) is 14.3 Å². The molecule has 0 aromatic carbocycles. The second-order valence-corrected chi connectivity index (χ2v) is 12.1. The van der Waals surface area contributed by atoms with Gasteiger partial charge in [-0.1, -0.05) is 122 Å². The minimum absolute atomic E-state index is 0.143. The Bertz CT molecular complexity index is 655. The van der Waals surface area contributed by atoms with Crippen LogP contribution in [0.15, 0.2) is 24.3 Å². The Hall–Kier alpha value is -1.26. The maximum absolute atomic E-state index is 12.4. The fourth-order valence-corrected chi connectivity index (χ4v) is 5.44. The third-order valence-corrected chi connectivity index (χ3v) is 8.29. The number of epoxide rings is 1. The van der Waals surface area contributed by atoms with E-state index in [0.29, 0.717) is 18.6 Å². The summed E-state index contributed by atoms with van der Waals surface area (Å²) < 4.78 is 5.74. The van der Waals surface area contributed by atoms with Crippen molar-refractivity contribution in [2.45, 2.75) is 186 Å². The van der Waals surface area contributed by atoms with E-state index in [1.54, 1.807) is 0 Å². The fourth-order valence-electron chi connectivity index (χ4n) is 5.44. The lowest BCUT2D eigenvalue weighted by molar-refractivity contribution is -0.127. The lowest BCUT2D eigenvalue weighted by Crippen LogP contribution is -2.15. The third kappa shape index (κ3) is 21.5. The van der Waals surface area contributed by atoms with Crippen molar-refractivity contribution in [3.63, 3.8) is 0 Å². The number of carbonyl (C=O) groups excluding carboxylic acids is 2. The Morgan fingerprint density at radius 2 is 1.30 bits per heavy atom. The molecule has 1 saturated heterocycles. The van der Waals surface area contributed by atoms with E-state index in [4.69, 9.17) is 4.74 Å². The number of carbonyl (C=O) groups is 2. The van der Waals surface area contributed by atoms with Gasteiger partial charge < -0.3 is 14.6 Å². The summed E-state index contributed by atoms with van der Waals surface area (Å²) in [6.07, 6.45) is 36.7. The highest BCUT2D eigenvalue weighted by Crippen LogP contribution is 2.30. The average molecular weight is 561 g/mol. The number of allylic oxidation sites excluding steroid dienone is 2. The van der Waals surface area contributed by atoms with Crippen LogP contribution in [0.5, 0.6) is 0 Å². The molecule has 1 unspecified atom stereocenters. The van der Waals surface area contributed by atoms with E-state index >= 15 is 0 Å². The van der Waals surface area contributed by atoms with Crippen LogP contribution < -0.4 is 0 Å². The van der Waals surface area contributed by atoms with Gasteiger partial charge in [0, 0.05) is 6.42 Å². The quantitative estimate of drug-likeness (QED) is 0.0312. The van der Waals surface area contributed by atoms with Gasteiger partial charge in [-0.05, 0) is 64.2 Å². The number of ether oxygens (including phenoxy) is 1. The summed E-state index contributed by atoms with van der Waals surface area (Å²) in [5.41, 5.74) is 0. The summed E-state index contributed by atoms with van der Waals surface area (Å²) in [6.45, 7) is 4.45. The van der Waals surface area contributed by atoms with Gasteiger partial charge in [0.05, 0.1) is 24.2 Å². The van der Waals surface area contributed by atoms with Crippen molar-refractivity contribution >= 4 is 12.1 Å². The number of aliphatic hydroxyl groups excluding tert-OH is 1. The molecule has 4 nitrogen and oxygen atoms in total. The van der Waals surface area contributed by atoms with E-state index in [1.807, 2.05) is 0 Å². The van der Waals surface area contributed by atoms with Crippen molar-refractivity contribution in [1.82, 2.24) is 0 Å². The summed E-state index contributed by atoms with van der Waals surface area (Å²) in [5.74, 6) is -0.250. The standard InChI is InChI=1S/C36H64O4/c1-3-5-7-21-26-33(38)27-22-16-12-8-9-13-17-23-28-34(39)32(31-37)25-20-15-11-10-14-18-24-30-36-35(40-36)29-19-6-4-2/h16,18,22,24,31-33,35-36,38H,3-15,17,19-21,23,25-30H2,1-2H3/t32?,33-,35-,36+/m1/s1. The highest BCUT2D eigenvalue weighted by Gasteiger charge is 2.36. The fraction of sp³-hybridized carbons (Fsp3) is 0.833. The lowest BCUT2D eigenvalue weighted by Gasteiger charge is -2.09. The van der Waals surface area contributed by atoms with Gasteiger partial charge in [-0.15, -0.1) is 0 Å². The molecule has 1 rings (SSSR count). The Morgan fingerprint density at radius 1 is 0.700 bits per heavy atom. The van der Waals surface area contributed by atoms with Gasteiger partial charge in [-0.2, -0.15) is 0 Å². The first-order valence-corrected chi connectivity index (χ1v) is 17.2. The molecule has 0 aliphatic carbocycles. The van der Waals surface area contributed by atoms with Crippen LogP contribution in [0.25, 0.3) is 0 Å². The molecule has 0 aromatic rings. The van der Waals surface area contributed by atoms with Crippen LogP contribution in [-0.4, -0.2) is 35.5 Å². The molecule has 1 fully saturated rings. The molecule has 0 spiro atoms. The first-order valence-electron chi connectivity index (χ1n) is 17.2. The van der Waals surface area contributed by atoms with Crippen LogP contribution in [0, 0.1) is 5.92 Å². The molecular weight excluding hydrogens is 496 g/mol. The molecule has 0 radical (unpaired) electrons. The molecule has 1 heterocycles. The maximum atomic E-state index is 12.4. The molecule has 0 amide bonds. The predicted octanol–water partition coefficient (Wildman–Crippen LogP) is 10.0. The van der Waals surface area contributed by atoms with E-state index in [0.717, 1.165) is 83.3 Å². The molecule has 1 aliphatic heterocycles. The van der Waals surface area contributed by atoms with Gasteiger partial charge in [0.15, 0.2) is 0 Å². The van der Waals surface area contributed by atoms with Gasteiger partial charge in [-0.25, -0.2) is 0 Å². The minimum atomic E-state index is -0.393. The number of hydrogen-bond donors (Lipinski definition) is 1. The van der Waals surface area contributed by atoms with Gasteiger partial charge in [-0.3, -0.25) is 4.79 Å². The molecule has 0 saturated carbocycles. The molecule has 4 atom stereocenters. The molecule has 1 N–H and O–H groups in total. The van der Waals surface area contributed by atoms with E-state index in [9.17, 15) is 14.7 Å².